The highest BCUT2D eigenvalue weighted by Gasteiger charge is 1.79. The van der Waals surface area contributed by atoms with Crippen molar-refractivity contribution in [1.29, 1.82) is 0 Å². The van der Waals surface area contributed by atoms with Gasteiger partial charge in [0.2, 0.25) is 0 Å². The molecule has 0 radical (unpaired) electrons. The first-order chi connectivity index (χ1) is 3.41. The summed E-state index contributed by atoms with van der Waals surface area (Å²) in [4.78, 5) is 0. The average molecular weight is 118 g/mol. The van der Waals surface area contributed by atoms with E-state index >= 15 is 0 Å². The van der Waals surface area contributed by atoms with Crippen LogP contribution in [0.3, 0.4) is 0 Å². The zero-order valence-corrected chi connectivity index (χ0v) is 6.33. The third-order valence-corrected chi connectivity index (χ3v) is 1.88. The van der Waals surface area contributed by atoms with Gasteiger partial charge in [-0.1, -0.05) is 19.8 Å². The minimum absolute atomic E-state index is 1.17. The predicted octanol–water partition coefficient (Wildman–Crippen LogP) is 2.48. The summed E-state index contributed by atoms with van der Waals surface area (Å²) >= 11 is 0. The lowest BCUT2D eigenvalue weighted by atomic mass is 10.3. The van der Waals surface area contributed by atoms with Gasteiger partial charge < -0.3 is 0 Å². The maximum atomic E-state index is 2.27. The maximum Gasteiger partial charge on any atom is -0.0356 e. The minimum atomic E-state index is 1.17. The van der Waals surface area contributed by atoms with Crippen LogP contribution < -0.4 is 0 Å². The van der Waals surface area contributed by atoms with Crippen LogP contribution in [0.2, 0.25) is 0 Å². The third-order valence-electron chi connectivity index (χ3n) is 1.03. The topological polar surface area (TPSA) is 0 Å². The average Bonchev–Trinajstić information content (AvgIpc) is 1.69. The van der Waals surface area contributed by atoms with Crippen LogP contribution in [-0.2, 0) is 0 Å². The zero-order chi connectivity index (χ0) is 5.54. The van der Waals surface area contributed by atoms with E-state index in [1.807, 2.05) is 0 Å². The van der Waals surface area contributed by atoms with Crippen molar-refractivity contribution in [1.82, 2.24) is 0 Å². The Kier molecular flexibility index (Phi) is 6.82. The summed E-state index contributed by atoms with van der Waals surface area (Å²) in [5.41, 5.74) is 0. The van der Waals surface area contributed by atoms with Gasteiger partial charge in [-0.15, -0.1) is 8.58 Å². The smallest absolute Gasteiger partial charge is 0.0356 e. The molecule has 0 spiro atoms. The van der Waals surface area contributed by atoms with Gasteiger partial charge in [0.1, 0.15) is 0 Å². The Balaban J connectivity index is 2.45. The fraction of sp³-hybridized carbons (Fsp3) is 1.00. The van der Waals surface area contributed by atoms with Crippen molar-refractivity contribution in [2.45, 2.75) is 26.2 Å². The third kappa shape index (κ3) is 6.43. The molecule has 7 heavy (non-hydrogen) atoms. The summed E-state index contributed by atoms with van der Waals surface area (Å²) in [5.74, 6) is 0. The van der Waals surface area contributed by atoms with Gasteiger partial charge in [-0.2, -0.15) is 0 Å². The van der Waals surface area contributed by atoms with Crippen molar-refractivity contribution in [2.24, 2.45) is 0 Å². The van der Waals surface area contributed by atoms with E-state index in [1.54, 1.807) is 0 Å². The quantitative estimate of drug-likeness (QED) is 0.393. The van der Waals surface area contributed by atoms with Crippen LogP contribution in [0, 0.1) is 0 Å². The zero-order valence-electron chi connectivity index (χ0n) is 5.33. The van der Waals surface area contributed by atoms with Crippen LogP contribution in [-0.4, -0.2) is 12.8 Å². The Bertz CT molecular complexity index is 23.4. The molecule has 0 fully saturated rings. The van der Waals surface area contributed by atoms with E-state index in [2.05, 4.69) is 13.6 Å². The molecule has 1 unspecified atom stereocenters. The molecule has 0 bridgehead atoms. The van der Waals surface area contributed by atoms with Crippen molar-refractivity contribution in [2.75, 3.05) is 12.8 Å². The lowest BCUT2D eigenvalue weighted by Crippen LogP contribution is -1.73. The van der Waals surface area contributed by atoms with Crippen LogP contribution in [0.4, 0.5) is 0 Å². The normalized spacial score (nSPS) is 11.1. The fourth-order valence-electron chi connectivity index (χ4n) is 0.552. The molecule has 0 aliphatic heterocycles. The SMILES string of the molecule is CCCCCPC. The Hall–Kier alpha value is 0.430. The fourth-order valence-corrected chi connectivity index (χ4v) is 1.16. The van der Waals surface area contributed by atoms with Gasteiger partial charge >= 0.3 is 0 Å². The molecule has 44 valence electrons. The number of rotatable bonds is 4. The largest absolute Gasteiger partial charge is 0.125 e. The highest BCUT2D eigenvalue weighted by Crippen LogP contribution is 2.06. The van der Waals surface area contributed by atoms with Gasteiger partial charge in [-0.05, 0) is 19.2 Å². The first-order valence-corrected chi connectivity index (χ1v) is 4.77. The molecule has 0 saturated carbocycles. The Labute approximate surface area is 48.5 Å². The second kappa shape index (κ2) is 6.43. The minimum Gasteiger partial charge on any atom is -0.125 e. The molecule has 1 heteroatoms. The Morgan fingerprint density at radius 2 is 2.00 bits per heavy atom. The maximum absolute atomic E-state index is 2.27. The van der Waals surface area contributed by atoms with E-state index in [4.69, 9.17) is 0 Å². The predicted molar refractivity (Wildman–Crippen MR) is 38.6 cm³/mol. The van der Waals surface area contributed by atoms with Crippen LogP contribution >= 0.6 is 8.58 Å². The molecule has 0 N–H and O–H groups in total. The van der Waals surface area contributed by atoms with E-state index in [9.17, 15) is 0 Å². The van der Waals surface area contributed by atoms with E-state index < -0.39 is 0 Å². The highest BCUT2D eigenvalue weighted by molar-refractivity contribution is 7.36. The summed E-state index contributed by atoms with van der Waals surface area (Å²) in [6.07, 6.45) is 5.70. The van der Waals surface area contributed by atoms with Crippen LogP contribution in [0.25, 0.3) is 0 Å². The summed E-state index contributed by atoms with van der Waals surface area (Å²) in [5, 5.41) is 0. The number of unbranched alkanes of at least 4 members (excludes halogenated alkanes) is 2. The van der Waals surface area contributed by atoms with Crippen LogP contribution in [0.15, 0.2) is 0 Å². The molecule has 0 aromatic carbocycles. The standard InChI is InChI=1S/C6H15P/c1-3-4-5-6-7-2/h7H,3-6H2,1-2H3. The van der Waals surface area contributed by atoms with Crippen molar-refractivity contribution in [3.05, 3.63) is 0 Å². The van der Waals surface area contributed by atoms with E-state index in [0.717, 1.165) is 0 Å². The molecule has 0 saturated heterocycles. The molecule has 0 heterocycles. The Morgan fingerprint density at radius 3 is 2.43 bits per heavy atom. The Morgan fingerprint density at radius 1 is 1.29 bits per heavy atom. The molecular formula is C6H15P. The van der Waals surface area contributed by atoms with E-state index in [-0.39, 0.29) is 0 Å². The molecular weight excluding hydrogens is 103 g/mol. The van der Waals surface area contributed by atoms with E-state index in [1.165, 1.54) is 34.0 Å². The second-order valence-electron chi connectivity index (χ2n) is 1.81. The summed E-state index contributed by atoms with van der Waals surface area (Å²) in [7, 11) is 1.17. The van der Waals surface area contributed by atoms with Crippen LogP contribution in [0.1, 0.15) is 26.2 Å². The molecule has 1 atom stereocenters. The van der Waals surface area contributed by atoms with Gasteiger partial charge in [0, 0.05) is 0 Å². The van der Waals surface area contributed by atoms with Crippen molar-refractivity contribution < 1.29 is 0 Å². The monoisotopic (exact) mass is 118 g/mol. The number of hydrogen-bond donors (Lipinski definition) is 0. The summed E-state index contributed by atoms with van der Waals surface area (Å²) in [6, 6.07) is 0. The number of hydrogen-bond acceptors (Lipinski definition) is 0. The van der Waals surface area contributed by atoms with Gasteiger partial charge in [0.05, 0.1) is 0 Å². The van der Waals surface area contributed by atoms with Gasteiger partial charge in [0.15, 0.2) is 0 Å². The molecule has 0 nitrogen and oxygen atoms in total. The molecule has 0 amide bonds. The van der Waals surface area contributed by atoms with Crippen molar-refractivity contribution in [3.8, 4) is 0 Å². The van der Waals surface area contributed by atoms with Crippen LogP contribution in [0.5, 0.6) is 0 Å². The summed E-state index contributed by atoms with van der Waals surface area (Å²) in [6.45, 7) is 4.52. The highest BCUT2D eigenvalue weighted by atomic mass is 31.1. The summed E-state index contributed by atoms with van der Waals surface area (Å²) < 4.78 is 0. The lowest BCUT2D eigenvalue weighted by Gasteiger charge is -1.91. The van der Waals surface area contributed by atoms with Gasteiger partial charge in [-0.25, -0.2) is 0 Å². The van der Waals surface area contributed by atoms with Crippen molar-refractivity contribution >= 4 is 8.58 Å². The molecule has 0 aliphatic rings. The lowest BCUT2D eigenvalue weighted by molar-refractivity contribution is 0.777. The van der Waals surface area contributed by atoms with Gasteiger partial charge in [0.25, 0.3) is 0 Å². The molecule has 0 aromatic heterocycles. The van der Waals surface area contributed by atoms with E-state index in [0.29, 0.717) is 0 Å². The van der Waals surface area contributed by atoms with Gasteiger partial charge in [-0.3, -0.25) is 0 Å². The van der Waals surface area contributed by atoms with Crippen molar-refractivity contribution in [3.63, 3.8) is 0 Å². The first kappa shape index (κ1) is 7.43. The molecule has 0 rings (SSSR count). The molecule has 0 aromatic rings. The molecule has 0 aliphatic carbocycles. The second-order valence-corrected chi connectivity index (χ2v) is 3.02. The first-order valence-electron chi connectivity index (χ1n) is 3.06.